The van der Waals surface area contributed by atoms with Crippen LogP contribution < -0.4 is 25.4 Å². The van der Waals surface area contributed by atoms with Gasteiger partial charge in [-0.2, -0.15) is 0 Å². The number of hydrogen-bond donors (Lipinski definition) is 2. The van der Waals surface area contributed by atoms with Crippen LogP contribution in [0.1, 0.15) is 23.5 Å². The molecule has 0 saturated heterocycles. The van der Waals surface area contributed by atoms with Crippen LogP contribution in [0.5, 0.6) is 11.5 Å². The lowest BCUT2D eigenvalue weighted by Crippen LogP contribution is -2.43. The Balaban J connectivity index is 1.27. The number of nitrogens with two attached hydrogens (primary N) is 1. The SMILES string of the molecule is NCc1cccc(Cl)c1N1c2ccccc2SC1NC(=O)C1CC1c1cccc2c1OCO2. The van der Waals surface area contributed by atoms with Crippen molar-refractivity contribution >= 4 is 40.6 Å². The summed E-state index contributed by atoms with van der Waals surface area (Å²) >= 11 is 8.25. The molecule has 0 radical (unpaired) electrons. The number of fused-ring (bicyclic) bond motifs is 2. The number of carbonyl (C=O) groups is 1. The van der Waals surface area contributed by atoms with E-state index in [1.165, 1.54) is 0 Å². The van der Waals surface area contributed by atoms with Crippen LogP contribution in [-0.2, 0) is 11.3 Å². The largest absolute Gasteiger partial charge is 0.454 e. The number of benzene rings is 3. The molecule has 3 aromatic carbocycles. The third-order valence-corrected chi connectivity index (χ3v) is 7.80. The highest BCUT2D eigenvalue weighted by Gasteiger charge is 2.47. The summed E-state index contributed by atoms with van der Waals surface area (Å²) in [5.41, 5.74) is 9.54. The van der Waals surface area contributed by atoms with Crippen LogP contribution in [0.4, 0.5) is 11.4 Å². The Bertz CT molecular complexity index is 1250. The topological polar surface area (TPSA) is 76.8 Å². The predicted molar refractivity (Wildman–Crippen MR) is 129 cm³/mol. The quantitative estimate of drug-likeness (QED) is 0.537. The predicted octanol–water partition coefficient (Wildman–Crippen LogP) is 4.97. The highest BCUT2D eigenvalue weighted by atomic mass is 35.5. The van der Waals surface area contributed by atoms with Crippen molar-refractivity contribution in [3.63, 3.8) is 0 Å². The number of para-hydroxylation sites is 3. The van der Waals surface area contributed by atoms with E-state index in [-0.39, 0.29) is 30.0 Å². The number of rotatable bonds is 5. The van der Waals surface area contributed by atoms with Gasteiger partial charge in [0.05, 0.1) is 16.4 Å². The second kappa shape index (κ2) is 8.17. The van der Waals surface area contributed by atoms with E-state index in [4.69, 9.17) is 26.8 Å². The van der Waals surface area contributed by atoms with Gasteiger partial charge in [0.15, 0.2) is 17.0 Å². The Morgan fingerprint density at radius 1 is 1.12 bits per heavy atom. The van der Waals surface area contributed by atoms with E-state index in [0.717, 1.165) is 45.3 Å². The first-order valence-electron chi connectivity index (χ1n) is 10.9. The van der Waals surface area contributed by atoms with E-state index in [1.54, 1.807) is 11.8 Å². The number of halogens is 1. The summed E-state index contributed by atoms with van der Waals surface area (Å²) in [7, 11) is 0. The molecule has 33 heavy (non-hydrogen) atoms. The maximum atomic E-state index is 13.3. The number of amides is 1. The fourth-order valence-electron chi connectivity index (χ4n) is 4.68. The van der Waals surface area contributed by atoms with Gasteiger partial charge in [-0.3, -0.25) is 4.79 Å². The van der Waals surface area contributed by atoms with E-state index in [1.807, 2.05) is 54.6 Å². The number of carbonyl (C=O) groups excluding carboxylic acids is 1. The van der Waals surface area contributed by atoms with Crippen molar-refractivity contribution in [2.75, 3.05) is 11.7 Å². The third-order valence-electron chi connectivity index (χ3n) is 6.35. The molecule has 0 bridgehead atoms. The number of ether oxygens (including phenoxy) is 2. The van der Waals surface area contributed by atoms with Gasteiger partial charge in [0.1, 0.15) is 0 Å². The molecule has 3 aromatic rings. The second-order valence-electron chi connectivity index (χ2n) is 8.30. The molecule has 6 nitrogen and oxygen atoms in total. The van der Waals surface area contributed by atoms with Crippen molar-refractivity contribution in [1.29, 1.82) is 0 Å². The number of nitrogens with one attached hydrogen (secondary N) is 1. The first-order valence-corrected chi connectivity index (χ1v) is 12.1. The summed E-state index contributed by atoms with van der Waals surface area (Å²) in [5, 5.41) is 3.87. The molecule has 1 fully saturated rings. The summed E-state index contributed by atoms with van der Waals surface area (Å²) in [4.78, 5) is 16.5. The monoisotopic (exact) mass is 479 g/mol. The zero-order valence-electron chi connectivity index (χ0n) is 17.7. The van der Waals surface area contributed by atoms with Crippen molar-refractivity contribution < 1.29 is 14.3 Å². The van der Waals surface area contributed by atoms with Gasteiger partial charge in [0.2, 0.25) is 12.7 Å². The van der Waals surface area contributed by atoms with E-state index >= 15 is 0 Å². The van der Waals surface area contributed by atoms with Crippen molar-refractivity contribution in [2.24, 2.45) is 11.7 Å². The van der Waals surface area contributed by atoms with Crippen LogP contribution >= 0.6 is 23.4 Å². The molecule has 3 N–H and O–H groups in total. The van der Waals surface area contributed by atoms with Crippen LogP contribution in [0.15, 0.2) is 65.6 Å². The number of thioether (sulfide) groups is 1. The van der Waals surface area contributed by atoms with Crippen LogP contribution in [0, 0.1) is 5.92 Å². The highest BCUT2D eigenvalue weighted by Crippen LogP contribution is 2.54. The highest BCUT2D eigenvalue weighted by molar-refractivity contribution is 8.00. The smallest absolute Gasteiger partial charge is 0.231 e. The fraction of sp³-hybridized carbons (Fsp3) is 0.240. The molecule has 1 saturated carbocycles. The number of anilines is 2. The van der Waals surface area contributed by atoms with Gasteiger partial charge < -0.3 is 25.4 Å². The Morgan fingerprint density at radius 3 is 2.85 bits per heavy atom. The molecular formula is C25H22ClN3O3S. The third kappa shape index (κ3) is 3.51. The minimum Gasteiger partial charge on any atom is -0.454 e. The van der Waals surface area contributed by atoms with Crippen molar-refractivity contribution in [3.05, 3.63) is 76.8 Å². The lowest BCUT2D eigenvalue weighted by molar-refractivity contribution is -0.122. The summed E-state index contributed by atoms with van der Waals surface area (Å²) in [6.45, 7) is 0.578. The van der Waals surface area contributed by atoms with Crippen molar-refractivity contribution in [1.82, 2.24) is 5.32 Å². The molecule has 0 aromatic heterocycles. The maximum Gasteiger partial charge on any atom is 0.231 e. The lowest BCUT2D eigenvalue weighted by atomic mass is 10.1. The molecule has 2 heterocycles. The molecule has 0 spiro atoms. The van der Waals surface area contributed by atoms with Crippen molar-refractivity contribution in [2.45, 2.75) is 29.3 Å². The number of hydrogen-bond acceptors (Lipinski definition) is 6. The molecule has 3 atom stereocenters. The molecule has 1 amide bonds. The Hall–Kier alpha value is -2.87. The minimum absolute atomic E-state index is 0.0215. The standard InChI is InChI=1S/C25H22ClN3O3S/c26-18-7-3-5-14(12-27)22(18)29-19-8-1-2-10-21(19)33-25(29)28-24(30)17-11-16(17)15-6-4-9-20-23(15)32-13-31-20/h1-10,16-17,25H,11-13,27H2,(H,28,30). The Labute approximate surface area is 201 Å². The summed E-state index contributed by atoms with van der Waals surface area (Å²) in [6, 6.07) is 19.7. The van der Waals surface area contributed by atoms with Gasteiger partial charge in [0, 0.05) is 28.8 Å². The average molecular weight is 480 g/mol. The molecule has 1 aliphatic carbocycles. The summed E-state index contributed by atoms with van der Waals surface area (Å²) < 4.78 is 11.2. The molecule has 3 unspecified atom stereocenters. The second-order valence-corrected chi connectivity index (χ2v) is 9.83. The van der Waals surface area contributed by atoms with E-state index in [2.05, 4.69) is 16.3 Å². The molecule has 3 aliphatic rings. The van der Waals surface area contributed by atoms with Crippen LogP contribution in [0.3, 0.4) is 0 Å². The Kier molecular flexibility index (Phi) is 5.13. The zero-order valence-corrected chi connectivity index (χ0v) is 19.2. The fourth-order valence-corrected chi connectivity index (χ4v) is 6.15. The molecule has 2 aliphatic heterocycles. The zero-order chi connectivity index (χ0) is 22.5. The first-order chi connectivity index (χ1) is 16.2. The van der Waals surface area contributed by atoms with Crippen molar-refractivity contribution in [3.8, 4) is 11.5 Å². The lowest BCUT2D eigenvalue weighted by Gasteiger charge is -2.30. The molecular weight excluding hydrogens is 458 g/mol. The van der Waals surface area contributed by atoms with Gasteiger partial charge >= 0.3 is 0 Å². The van der Waals surface area contributed by atoms with Gasteiger partial charge in [-0.05, 0) is 36.2 Å². The van der Waals surface area contributed by atoms with Crippen LogP contribution in [-0.4, -0.2) is 18.2 Å². The average Bonchev–Trinajstić information content (AvgIpc) is 3.34. The molecule has 168 valence electrons. The van der Waals surface area contributed by atoms with E-state index in [9.17, 15) is 4.79 Å². The minimum atomic E-state index is -0.317. The van der Waals surface area contributed by atoms with Crippen LogP contribution in [0.25, 0.3) is 0 Å². The van der Waals surface area contributed by atoms with Gasteiger partial charge in [0.25, 0.3) is 0 Å². The Morgan fingerprint density at radius 2 is 1.97 bits per heavy atom. The summed E-state index contributed by atoms with van der Waals surface area (Å²) in [6.07, 6.45) is 0.788. The number of nitrogens with zero attached hydrogens (tertiary/aromatic N) is 1. The van der Waals surface area contributed by atoms with E-state index < -0.39 is 0 Å². The van der Waals surface area contributed by atoms with Gasteiger partial charge in [-0.15, -0.1) is 0 Å². The van der Waals surface area contributed by atoms with Gasteiger partial charge in [-0.1, -0.05) is 59.8 Å². The van der Waals surface area contributed by atoms with Gasteiger partial charge in [-0.25, -0.2) is 0 Å². The van der Waals surface area contributed by atoms with E-state index in [0.29, 0.717) is 11.6 Å². The molecule has 6 rings (SSSR count). The maximum absolute atomic E-state index is 13.3. The summed E-state index contributed by atoms with van der Waals surface area (Å²) in [5.74, 6) is 1.56. The normalized spacial score (nSPS) is 22.2. The molecule has 8 heteroatoms. The first kappa shape index (κ1) is 20.7. The van der Waals surface area contributed by atoms with Crippen LogP contribution in [0.2, 0.25) is 5.02 Å².